The maximum atomic E-state index is 12.1. The molecule has 1 N–H and O–H groups in total. The van der Waals surface area contributed by atoms with Crippen molar-refractivity contribution < 1.29 is 4.79 Å². The van der Waals surface area contributed by atoms with E-state index >= 15 is 0 Å². The number of rotatable bonds is 6. The second-order valence-corrected chi connectivity index (χ2v) is 5.07. The maximum absolute atomic E-state index is 12.1. The zero-order chi connectivity index (χ0) is 15.3. The van der Waals surface area contributed by atoms with Gasteiger partial charge in [-0.05, 0) is 13.8 Å². The number of carbonyl (C=O) groups excluding carboxylic acids is 1. The van der Waals surface area contributed by atoms with Crippen molar-refractivity contribution in [1.29, 1.82) is 0 Å². The van der Waals surface area contributed by atoms with Gasteiger partial charge >= 0.3 is 0 Å². The number of H-pyrrole nitrogens is 1. The quantitative estimate of drug-likeness (QED) is 0.850. The highest BCUT2D eigenvalue weighted by atomic mass is 16.2. The van der Waals surface area contributed by atoms with Crippen LogP contribution >= 0.6 is 0 Å². The van der Waals surface area contributed by atoms with Crippen molar-refractivity contribution in [3.8, 4) is 0 Å². The first-order chi connectivity index (χ1) is 9.38. The van der Waals surface area contributed by atoms with E-state index in [0.717, 1.165) is 0 Å². The van der Waals surface area contributed by atoms with Crippen LogP contribution in [0.1, 0.15) is 39.4 Å². The molecule has 1 aromatic rings. The molecule has 0 aliphatic rings. The van der Waals surface area contributed by atoms with Crippen LogP contribution in [0.4, 0.5) is 5.82 Å². The van der Waals surface area contributed by atoms with Gasteiger partial charge in [0.05, 0.1) is 6.54 Å². The summed E-state index contributed by atoms with van der Waals surface area (Å²) in [6.07, 6.45) is 0. The number of hydrogen-bond donors (Lipinski definition) is 1. The van der Waals surface area contributed by atoms with Crippen LogP contribution in [-0.2, 0) is 4.79 Å². The summed E-state index contributed by atoms with van der Waals surface area (Å²) in [4.78, 5) is 34.3. The van der Waals surface area contributed by atoms with E-state index in [1.807, 2.05) is 27.7 Å². The smallest absolute Gasteiger partial charge is 0.252 e. The number of amides is 1. The summed E-state index contributed by atoms with van der Waals surface area (Å²) >= 11 is 0. The topological polar surface area (TPSA) is 69.3 Å². The molecule has 0 unspecified atom stereocenters. The molecule has 6 nitrogen and oxygen atoms in total. The lowest BCUT2D eigenvalue weighted by Gasteiger charge is -2.24. The molecule has 112 valence electrons. The Morgan fingerprint density at radius 1 is 1.35 bits per heavy atom. The molecule has 0 saturated heterocycles. The molecule has 0 aliphatic heterocycles. The predicted molar refractivity (Wildman–Crippen MR) is 80.1 cm³/mol. The summed E-state index contributed by atoms with van der Waals surface area (Å²) in [5.74, 6) is 1.33. The Hall–Kier alpha value is -1.85. The molecule has 1 heterocycles. The fraction of sp³-hybridized carbons (Fsp3) is 0.643. The minimum Gasteiger partial charge on any atom is -0.350 e. The van der Waals surface area contributed by atoms with Crippen molar-refractivity contribution in [2.24, 2.45) is 0 Å². The zero-order valence-corrected chi connectivity index (χ0v) is 12.9. The van der Waals surface area contributed by atoms with Gasteiger partial charge in [-0.3, -0.25) is 9.59 Å². The van der Waals surface area contributed by atoms with Gasteiger partial charge in [0.25, 0.3) is 5.56 Å². The SMILES string of the molecule is CCN(CC)C(=O)CN(C)c1cc(=O)[nH]c(C(C)C)n1. The van der Waals surface area contributed by atoms with Crippen molar-refractivity contribution in [2.45, 2.75) is 33.6 Å². The number of aromatic amines is 1. The molecule has 6 heteroatoms. The summed E-state index contributed by atoms with van der Waals surface area (Å²) < 4.78 is 0. The Balaban J connectivity index is 2.89. The number of anilines is 1. The molecule has 1 aromatic heterocycles. The highest BCUT2D eigenvalue weighted by Crippen LogP contribution is 2.11. The number of nitrogens with one attached hydrogen (secondary N) is 1. The van der Waals surface area contributed by atoms with Crippen molar-refractivity contribution in [1.82, 2.24) is 14.9 Å². The molecule has 20 heavy (non-hydrogen) atoms. The second kappa shape index (κ2) is 7.07. The molecule has 1 amide bonds. The summed E-state index contributed by atoms with van der Waals surface area (Å²) in [7, 11) is 1.77. The molecule has 0 aliphatic carbocycles. The Kier molecular flexibility index (Phi) is 5.73. The van der Waals surface area contributed by atoms with Gasteiger partial charge in [0.15, 0.2) is 0 Å². The number of hydrogen-bond acceptors (Lipinski definition) is 4. The van der Waals surface area contributed by atoms with Crippen LogP contribution in [-0.4, -0.2) is 47.5 Å². The number of carbonyl (C=O) groups is 1. The maximum Gasteiger partial charge on any atom is 0.252 e. The van der Waals surface area contributed by atoms with E-state index in [-0.39, 0.29) is 23.9 Å². The molecule has 0 aromatic carbocycles. The first-order valence-electron chi connectivity index (χ1n) is 6.99. The van der Waals surface area contributed by atoms with E-state index in [2.05, 4.69) is 9.97 Å². The van der Waals surface area contributed by atoms with Gasteiger partial charge in [0, 0.05) is 32.1 Å². The van der Waals surface area contributed by atoms with Crippen molar-refractivity contribution in [3.63, 3.8) is 0 Å². The molecular formula is C14H24N4O2. The van der Waals surface area contributed by atoms with Crippen LogP contribution < -0.4 is 10.5 Å². The van der Waals surface area contributed by atoms with Gasteiger partial charge in [-0.25, -0.2) is 4.98 Å². The molecule has 0 spiro atoms. The number of aromatic nitrogens is 2. The molecule has 0 radical (unpaired) electrons. The van der Waals surface area contributed by atoms with E-state index in [0.29, 0.717) is 24.7 Å². The molecule has 0 saturated carbocycles. The Morgan fingerprint density at radius 2 is 1.95 bits per heavy atom. The Morgan fingerprint density at radius 3 is 2.45 bits per heavy atom. The summed E-state index contributed by atoms with van der Waals surface area (Å²) in [5.41, 5.74) is -0.194. The second-order valence-electron chi connectivity index (χ2n) is 5.07. The minimum absolute atomic E-state index is 0.0330. The summed E-state index contributed by atoms with van der Waals surface area (Å²) in [6.45, 7) is 9.40. The van der Waals surface area contributed by atoms with Crippen LogP contribution in [0.15, 0.2) is 10.9 Å². The lowest BCUT2D eigenvalue weighted by molar-refractivity contribution is -0.129. The fourth-order valence-electron chi connectivity index (χ4n) is 1.89. The standard InChI is InChI=1S/C14H24N4O2/c1-6-18(7-2)13(20)9-17(5)11-8-12(19)16-14(15-11)10(3)4/h8,10H,6-7,9H2,1-5H3,(H,15,16,19). The van der Waals surface area contributed by atoms with E-state index < -0.39 is 0 Å². The largest absolute Gasteiger partial charge is 0.350 e. The molecule has 1 rings (SSSR count). The fourth-order valence-corrected chi connectivity index (χ4v) is 1.89. The number of nitrogens with zero attached hydrogens (tertiary/aromatic N) is 3. The van der Waals surface area contributed by atoms with Crippen LogP contribution in [0.5, 0.6) is 0 Å². The van der Waals surface area contributed by atoms with E-state index in [4.69, 9.17) is 0 Å². The minimum atomic E-state index is -0.194. The van der Waals surface area contributed by atoms with Crippen LogP contribution in [0, 0.1) is 0 Å². The van der Waals surface area contributed by atoms with E-state index in [1.54, 1.807) is 16.8 Å². The van der Waals surface area contributed by atoms with Gasteiger partial charge in [0.2, 0.25) is 5.91 Å². The molecule has 0 bridgehead atoms. The van der Waals surface area contributed by atoms with Gasteiger partial charge in [-0.2, -0.15) is 0 Å². The number of likely N-dealkylation sites (N-methyl/N-ethyl adjacent to an activating group) is 2. The van der Waals surface area contributed by atoms with Gasteiger partial charge in [0.1, 0.15) is 11.6 Å². The highest BCUT2D eigenvalue weighted by molar-refractivity contribution is 5.81. The molecule has 0 atom stereocenters. The summed E-state index contributed by atoms with van der Waals surface area (Å²) in [5, 5.41) is 0. The first-order valence-corrected chi connectivity index (χ1v) is 6.99. The lowest BCUT2D eigenvalue weighted by Crippen LogP contribution is -2.39. The zero-order valence-electron chi connectivity index (χ0n) is 12.9. The van der Waals surface area contributed by atoms with Crippen molar-refractivity contribution in [2.75, 3.05) is 31.6 Å². The Bertz CT molecular complexity index is 506. The van der Waals surface area contributed by atoms with Gasteiger partial charge in [-0.1, -0.05) is 13.8 Å². The predicted octanol–water partition coefficient (Wildman–Crippen LogP) is 1.20. The van der Waals surface area contributed by atoms with Crippen molar-refractivity contribution in [3.05, 3.63) is 22.2 Å². The average molecular weight is 280 g/mol. The first kappa shape index (κ1) is 16.2. The summed E-state index contributed by atoms with van der Waals surface area (Å²) in [6, 6.07) is 1.42. The molecule has 0 fully saturated rings. The van der Waals surface area contributed by atoms with E-state index in [1.165, 1.54) is 6.07 Å². The average Bonchev–Trinajstić information content (AvgIpc) is 2.39. The van der Waals surface area contributed by atoms with Crippen LogP contribution in [0.2, 0.25) is 0 Å². The van der Waals surface area contributed by atoms with Crippen molar-refractivity contribution >= 4 is 11.7 Å². The normalized spacial score (nSPS) is 10.7. The van der Waals surface area contributed by atoms with E-state index in [9.17, 15) is 9.59 Å². The molecular weight excluding hydrogens is 256 g/mol. The monoisotopic (exact) mass is 280 g/mol. The Labute approximate surface area is 119 Å². The third-order valence-electron chi connectivity index (χ3n) is 3.17. The van der Waals surface area contributed by atoms with Crippen LogP contribution in [0.25, 0.3) is 0 Å². The third kappa shape index (κ3) is 4.08. The van der Waals surface area contributed by atoms with Crippen LogP contribution in [0.3, 0.4) is 0 Å². The lowest BCUT2D eigenvalue weighted by atomic mass is 10.2. The third-order valence-corrected chi connectivity index (χ3v) is 3.17. The van der Waals surface area contributed by atoms with Gasteiger partial charge in [-0.15, -0.1) is 0 Å². The van der Waals surface area contributed by atoms with Gasteiger partial charge < -0.3 is 14.8 Å². The highest BCUT2D eigenvalue weighted by Gasteiger charge is 2.15.